The third-order valence-electron chi connectivity index (χ3n) is 3.93. The highest BCUT2D eigenvalue weighted by atomic mass is 31.1. The standard InChI is InChI=1S/C22H43N2O9P/c1-13(2)11-15(23-19(27)30-21(5,6)7)17(25)32-34(29)33-18(26)16(12-14(3)4)24-20(28)31-22(8,9)10/h13-18,25-26H,11-12H2,1-10H3,(H-,23,24,27,28)/p+1/t15-,16-,17?,18?/m0/s1. The van der Waals surface area contributed by atoms with E-state index >= 15 is 0 Å². The van der Waals surface area contributed by atoms with Gasteiger partial charge in [0, 0.05) is 4.57 Å². The van der Waals surface area contributed by atoms with Crippen molar-refractivity contribution in [2.45, 2.75) is 118 Å². The van der Waals surface area contributed by atoms with Crippen LogP contribution in [0.4, 0.5) is 9.59 Å². The summed E-state index contributed by atoms with van der Waals surface area (Å²) < 4.78 is 32.8. The molecule has 2 unspecified atom stereocenters. The summed E-state index contributed by atoms with van der Waals surface area (Å²) in [6, 6.07) is -1.89. The van der Waals surface area contributed by atoms with Crippen LogP contribution in [0.5, 0.6) is 0 Å². The van der Waals surface area contributed by atoms with E-state index in [1.54, 1.807) is 41.5 Å². The monoisotopic (exact) mass is 511 g/mol. The van der Waals surface area contributed by atoms with Crippen molar-refractivity contribution >= 4 is 20.4 Å². The summed E-state index contributed by atoms with van der Waals surface area (Å²) >= 11 is 0. The van der Waals surface area contributed by atoms with Crippen molar-refractivity contribution < 1.29 is 42.9 Å². The van der Waals surface area contributed by atoms with Crippen LogP contribution in [0.25, 0.3) is 0 Å². The number of aliphatic hydroxyl groups is 2. The Balaban J connectivity index is 5.14. The predicted molar refractivity (Wildman–Crippen MR) is 127 cm³/mol. The zero-order chi connectivity index (χ0) is 26.9. The van der Waals surface area contributed by atoms with Gasteiger partial charge >= 0.3 is 20.4 Å². The van der Waals surface area contributed by atoms with Crippen LogP contribution in [0, 0.1) is 11.8 Å². The van der Waals surface area contributed by atoms with Gasteiger partial charge in [0.15, 0.2) is 0 Å². The second kappa shape index (κ2) is 14.1. The van der Waals surface area contributed by atoms with E-state index < -0.39 is 56.3 Å². The fourth-order valence-electron chi connectivity index (χ4n) is 2.77. The highest BCUT2D eigenvalue weighted by Crippen LogP contribution is 2.30. The maximum atomic E-state index is 12.4. The Kier molecular flexibility index (Phi) is 13.5. The second-order valence-corrected chi connectivity index (χ2v) is 11.8. The molecule has 34 heavy (non-hydrogen) atoms. The fraction of sp³-hybridized carbons (Fsp3) is 0.909. The van der Waals surface area contributed by atoms with Crippen LogP contribution in [-0.2, 0) is 23.1 Å². The smallest absolute Gasteiger partial charge is 0.444 e. The zero-order valence-electron chi connectivity index (χ0n) is 22.1. The lowest BCUT2D eigenvalue weighted by molar-refractivity contribution is -0.0881. The number of carbonyl (C=O) groups is 2. The number of rotatable bonds is 12. The molecule has 0 bridgehead atoms. The Morgan fingerprint density at radius 3 is 1.26 bits per heavy atom. The van der Waals surface area contributed by atoms with Crippen LogP contribution >= 0.6 is 8.25 Å². The average Bonchev–Trinajstić information content (AvgIpc) is 2.56. The molecule has 0 aromatic carbocycles. The van der Waals surface area contributed by atoms with Gasteiger partial charge in [0.2, 0.25) is 12.6 Å². The van der Waals surface area contributed by atoms with Crippen LogP contribution < -0.4 is 10.6 Å². The van der Waals surface area contributed by atoms with E-state index in [9.17, 15) is 24.4 Å². The molecular weight excluding hydrogens is 467 g/mol. The van der Waals surface area contributed by atoms with Gasteiger partial charge in [-0.15, -0.1) is 0 Å². The lowest BCUT2D eigenvalue weighted by Gasteiger charge is -2.26. The van der Waals surface area contributed by atoms with Crippen molar-refractivity contribution in [3.63, 3.8) is 0 Å². The number of aliphatic hydroxyl groups excluding tert-OH is 2. The van der Waals surface area contributed by atoms with E-state index in [1.807, 2.05) is 27.7 Å². The molecule has 0 spiro atoms. The van der Waals surface area contributed by atoms with Crippen LogP contribution in [0.3, 0.4) is 0 Å². The van der Waals surface area contributed by atoms with Crippen LogP contribution in [0.2, 0.25) is 0 Å². The molecule has 0 aromatic heterocycles. The molecule has 0 aliphatic rings. The Hall–Kier alpha value is -1.52. The first kappa shape index (κ1) is 32.5. The Morgan fingerprint density at radius 2 is 1.03 bits per heavy atom. The van der Waals surface area contributed by atoms with Crippen LogP contribution in [0.15, 0.2) is 0 Å². The van der Waals surface area contributed by atoms with Gasteiger partial charge in [-0.3, -0.25) is 0 Å². The minimum atomic E-state index is -3.01. The van der Waals surface area contributed by atoms with Crippen molar-refractivity contribution in [3.05, 3.63) is 0 Å². The maximum absolute atomic E-state index is 12.4. The third-order valence-corrected chi connectivity index (χ3v) is 4.71. The van der Waals surface area contributed by atoms with Gasteiger partial charge in [0.25, 0.3) is 0 Å². The molecule has 4 N–H and O–H groups in total. The summed E-state index contributed by atoms with van der Waals surface area (Å²) in [5.41, 5.74) is -1.49. The van der Waals surface area contributed by atoms with Crippen LogP contribution in [0.1, 0.15) is 82.1 Å². The van der Waals surface area contributed by atoms with Crippen molar-refractivity contribution in [3.8, 4) is 0 Å². The third kappa shape index (κ3) is 16.2. The summed E-state index contributed by atoms with van der Waals surface area (Å²) in [4.78, 5) is 24.2. The molecule has 0 aliphatic carbocycles. The molecule has 12 heteroatoms. The van der Waals surface area contributed by atoms with E-state index in [2.05, 4.69) is 10.6 Å². The van der Waals surface area contributed by atoms with E-state index in [-0.39, 0.29) is 11.8 Å². The number of nitrogens with one attached hydrogen (secondary N) is 2. The molecular formula is C22H44N2O9P+. The number of amides is 2. The van der Waals surface area contributed by atoms with Gasteiger partial charge < -0.3 is 30.3 Å². The highest BCUT2D eigenvalue weighted by molar-refractivity contribution is 7.33. The quantitative estimate of drug-likeness (QED) is 0.223. The Morgan fingerprint density at radius 1 is 0.735 bits per heavy atom. The fourth-order valence-corrected chi connectivity index (χ4v) is 3.47. The molecule has 4 atom stereocenters. The first-order valence-electron chi connectivity index (χ1n) is 11.4. The average molecular weight is 512 g/mol. The topological polar surface area (TPSA) is 153 Å². The minimum absolute atomic E-state index is 0.0519. The van der Waals surface area contributed by atoms with Crippen molar-refractivity contribution in [2.75, 3.05) is 0 Å². The number of carbonyl (C=O) groups excluding carboxylic acids is 2. The number of ether oxygens (including phenoxy) is 2. The highest BCUT2D eigenvalue weighted by Gasteiger charge is 2.39. The molecule has 11 nitrogen and oxygen atoms in total. The molecule has 0 aliphatic heterocycles. The summed E-state index contributed by atoms with van der Waals surface area (Å²) in [7, 11) is -3.01. The molecule has 200 valence electrons. The molecule has 2 amide bonds. The minimum Gasteiger partial charge on any atom is -0.444 e. The van der Waals surface area contributed by atoms with E-state index in [1.165, 1.54) is 0 Å². The van der Waals surface area contributed by atoms with Crippen molar-refractivity contribution in [1.82, 2.24) is 10.6 Å². The van der Waals surface area contributed by atoms with Gasteiger partial charge in [-0.2, -0.15) is 0 Å². The van der Waals surface area contributed by atoms with Gasteiger partial charge in [-0.1, -0.05) is 36.7 Å². The number of alkyl carbamates (subject to hydrolysis) is 2. The first-order valence-corrected chi connectivity index (χ1v) is 12.5. The van der Waals surface area contributed by atoms with Gasteiger partial charge in [0.1, 0.15) is 11.2 Å². The van der Waals surface area contributed by atoms with E-state index in [0.717, 1.165) is 0 Å². The van der Waals surface area contributed by atoms with Gasteiger partial charge in [0.05, 0.1) is 12.1 Å². The van der Waals surface area contributed by atoms with Gasteiger partial charge in [-0.05, 0) is 66.2 Å². The lowest BCUT2D eigenvalue weighted by Crippen LogP contribution is -2.47. The summed E-state index contributed by atoms with van der Waals surface area (Å²) in [6.45, 7) is 17.7. The summed E-state index contributed by atoms with van der Waals surface area (Å²) in [5.74, 6) is 0.104. The van der Waals surface area contributed by atoms with Crippen molar-refractivity contribution in [2.24, 2.45) is 11.8 Å². The number of hydrogen-bond acceptors (Lipinski definition) is 9. The molecule has 0 aromatic rings. The maximum Gasteiger partial charge on any atom is 0.703 e. The normalized spacial score (nSPS) is 16.5. The van der Waals surface area contributed by atoms with Gasteiger partial charge in [-0.25, -0.2) is 9.59 Å². The first-order chi connectivity index (χ1) is 15.3. The van der Waals surface area contributed by atoms with Crippen molar-refractivity contribution in [1.29, 1.82) is 0 Å². The molecule has 0 radical (unpaired) electrons. The van der Waals surface area contributed by atoms with Crippen LogP contribution in [-0.4, -0.2) is 58.3 Å². The SMILES string of the molecule is CC(C)C[C@H](NC(=O)OC(C)(C)C)C(O)O[P+](=O)OC(O)[C@H](CC(C)C)NC(=O)OC(C)(C)C. The van der Waals surface area contributed by atoms with E-state index in [4.69, 9.17) is 18.5 Å². The molecule has 0 saturated heterocycles. The lowest BCUT2D eigenvalue weighted by atomic mass is 10.0. The second-order valence-electron chi connectivity index (χ2n) is 11.0. The molecule has 0 heterocycles. The Bertz CT molecular complexity index is 606. The Labute approximate surface area is 204 Å². The molecule has 0 fully saturated rings. The summed E-state index contributed by atoms with van der Waals surface area (Å²) in [6.07, 6.45) is -4.35. The largest absolute Gasteiger partial charge is 0.703 e. The molecule has 0 rings (SSSR count). The zero-order valence-corrected chi connectivity index (χ0v) is 23.0. The number of hydrogen-bond donors (Lipinski definition) is 4. The summed E-state index contributed by atoms with van der Waals surface area (Å²) in [5, 5.41) is 25.8. The molecule has 0 saturated carbocycles. The predicted octanol–water partition coefficient (Wildman–Crippen LogP) is 4.19. The van der Waals surface area contributed by atoms with E-state index in [0.29, 0.717) is 12.8 Å².